The van der Waals surface area contributed by atoms with Crippen molar-refractivity contribution in [1.82, 2.24) is 4.90 Å². The van der Waals surface area contributed by atoms with Crippen LogP contribution in [-0.4, -0.2) is 16.9 Å². The summed E-state index contributed by atoms with van der Waals surface area (Å²) in [6, 6.07) is 14.2. The minimum Gasteiger partial charge on any atom is -0.389 e. The second-order valence-electron chi connectivity index (χ2n) is 5.27. The van der Waals surface area contributed by atoms with E-state index in [9.17, 15) is 0 Å². The van der Waals surface area contributed by atoms with E-state index >= 15 is 0 Å². The van der Waals surface area contributed by atoms with Gasteiger partial charge in [0.05, 0.1) is 0 Å². The second-order valence-corrected chi connectivity index (χ2v) is 6.12. The van der Waals surface area contributed by atoms with Crippen LogP contribution in [0.4, 0.5) is 0 Å². The van der Waals surface area contributed by atoms with Gasteiger partial charge in [0.1, 0.15) is 4.99 Å². The Kier molecular flexibility index (Phi) is 5.34. The molecule has 2 nitrogen and oxygen atoms in total. The van der Waals surface area contributed by atoms with Crippen molar-refractivity contribution in [2.75, 3.05) is 7.05 Å². The Morgan fingerprint density at radius 1 is 1.14 bits per heavy atom. The standard InChI is InChI=1S/C17H19ClN2S/c1-12-5-3-4-6-14(12)10-20(2)11-15-8-7-13(17(19)21)9-16(15)18/h3-9H,10-11H2,1-2H3,(H2,19,21). The molecule has 0 spiro atoms. The Balaban J connectivity index is 2.08. The number of hydrogen-bond acceptors (Lipinski definition) is 2. The average Bonchev–Trinajstić information content (AvgIpc) is 2.43. The molecule has 2 aromatic rings. The highest BCUT2D eigenvalue weighted by atomic mass is 35.5. The Bertz CT molecular complexity index is 655. The van der Waals surface area contributed by atoms with Gasteiger partial charge >= 0.3 is 0 Å². The maximum absolute atomic E-state index is 6.31. The van der Waals surface area contributed by atoms with Crippen LogP contribution >= 0.6 is 23.8 Å². The van der Waals surface area contributed by atoms with Crippen LogP contribution in [0.2, 0.25) is 5.02 Å². The van der Waals surface area contributed by atoms with Gasteiger partial charge in [-0.2, -0.15) is 0 Å². The molecule has 0 atom stereocenters. The van der Waals surface area contributed by atoms with Crippen molar-refractivity contribution in [3.8, 4) is 0 Å². The van der Waals surface area contributed by atoms with E-state index < -0.39 is 0 Å². The number of rotatable bonds is 5. The van der Waals surface area contributed by atoms with Crippen molar-refractivity contribution in [1.29, 1.82) is 0 Å². The molecule has 0 amide bonds. The van der Waals surface area contributed by atoms with Gasteiger partial charge in [-0.05, 0) is 36.7 Å². The van der Waals surface area contributed by atoms with Gasteiger partial charge in [0, 0.05) is 23.7 Å². The van der Waals surface area contributed by atoms with E-state index in [-0.39, 0.29) is 0 Å². The molecule has 2 rings (SSSR count). The fourth-order valence-electron chi connectivity index (χ4n) is 2.25. The van der Waals surface area contributed by atoms with Crippen molar-refractivity contribution >= 4 is 28.8 Å². The second kappa shape index (κ2) is 7.03. The summed E-state index contributed by atoms with van der Waals surface area (Å²) < 4.78 is 0. The fourth-order valence-corrected chi connectivity index (χ4v) is 2.62. The molecule has 0 fully saturated rings. The third kappa shape index (κ3) is 4.27. The summed E-state index contributed by atoms with van der Waals surface area (Å²) in [5.74, 6) is 0. The first-order chi connectivity index (χ1) is 9.97. The van der Waals surface area contributed by atoms with Crippen LogP contribution < -0.4 is 5.73 Å². The van der Waals surface area contributed by atoms with Crippen LogP contribution in [0.3, 0.4) is 0 Å². The average molecular weight is 319 g/mol. The zero-order valence-electron chi connectivity index (χ0n) is 12.3. The molecule has 0 aliphatic heterocycles. The summed E-state index contributed by atoms with van der Waals surface area (Å²) in [4.78, 5) is 2.61. The van der Waals surface area contributed by atoms with E-state index in [1.165, 1.54) is 11.1 Å². The third-order valence-electron chi connectivity index (χ3n) is 3.48. The molecule has 21 heavy (non-hydrogen) atoms. The van der Waals surface area contributed by atoms with Gasteiger partial charge < -0.3 is 5.73 Å². The van der Waals surface area contributed by atoms with Gasteiger partial charge in [-0.25, -0.2) is 0 Å². The van der Waals surface area contributed by atoms with Crippen molar-refractivity contribution in [2.24, 2.45) is 5.73 Å². The Labute approximate surface area is 136 Å². The lowest BCUT2D eigenvalue weighted by Crippen LogP contribution is -2.18. The molecule has 0 unspecified atom stereocenters. The van der Waals surface area contributed by atoms with E-state index in [0.29, 0.717) is 10.0 Å². The molecule has 0 bridgehead atoms. The molecule has 2 N–H and O–H groups in total. The highest BCUT2D eigenvalue weighted by molar-refractivity contribution is 7.80. The maximum atomic E-state index is 6.31. The first-order valence-corrected chi connectivity index (χ1v) is 7.57. The number of benzene rings is 2. The van der Waals surface area contributed by atoms with Crippen LogP contribution in [0.25, 0.3) is 0 Å². The van der Waals surface area contributed by atoms with E-state index in [2.05, 4.69) is 43.1 Å². The van der Waals surface area contributed by atoms with Crippen LogP contribution in [0.15, 0.2) is 42.5 Å². The van der Waals surface area contributed by atoms with E-state index in [0.717, 1.165) is 24.2 Å². The molecule has 0 saturated carbocycles. The predicted octanol–water partition coefficient (Wildman–Crippen LogP) is 3.91. The van der Waals surface area contributed by atoms with Crippen LogP contribution in [0.5, 0.6) is 0 Å². The molecule has 2 aromatic carbocycles. The van der Waals surface area contributed by atoms with Crippen LogP contribution in [0.1, 0.15) is 22.3 Å². The summed E-state index contributed by atoms with van der Waals surface area (Å²) >= 11 is 11.3. The lowest BCUT2D eigenvalue weighted by Gasteiger charge is -2.19. The SMILES string of the molecule is Cc1ccccc1CN(C)Cc1ccc(C(N)=S)cc1Cl. The van der Waals surface area contributed by atoms with Gasteiger partial charge in [0.25, 0.3) is 0 Å². The Hall–Kier alpha value is -1.42. The van der Waals surface area contributed by atoms with Gasteiger partial charge in [-0.3, -0.25) is 4.90 Å². The van der Waals surface area contributed by atoms with Crippen molar-refractivity contribution < 1.29 is 0 Å². The summed E-state index contributed by atoms with van der Waals surface area (Å²) in [5.41, 5.74) is 10.1. The number of halogens is 1. The lowest BCUT2D eigenvalue weighted by atomic mass is 10.1. The first kappa shape index (κ1) is 16.0. The smallest absolute Gasteiger partial charge is 0.104 e. The van der Waals surface area contributed by atoms with E-state index in [1.54, 1.807) is 0 Å². The van der Waals surface area contributed by atoms with Gasteiger partial charge in [-0.15, -0.1) is 0 Å². The maximum Gasteiger partial charge on any atom is 0.104 e. The molecule has 0 aliphatic carbocycles. The minimum atomic E-state index is 0.372. The molecule has 0 aliphatic rings. The molecule has 0 radical (unpaired) electrons. The van der Waals surface area contributed by atoms with Crippen molar-refractivity contribution in [3.05, 3.63) is 69.7 Å². The van der Waals surface area contributed by atoms with Crippen molar-refractivity contribution in [2.45, 2.75) is 20.0 Å². The quantitative estimate of drug-likeness (QED) is 0.847. The van der Waals surface area contributed by atoms with E-state index in [1.807, 2.05) is 18.2 Å². The van der Waals surface area contributed by atoms with E-state index in [4.69, 9.17) is 29.6 Å². The Morgan fingerprint density at radius 3 is 2.43 bits per heavy atom. The molecular formula is C17H19ClN2S. The molecule has 4 heteroatoms. The van der Waals surface area contributed by atoms with Crippen LogP contribution in [0, 0.1) is 6.92 Å². The summed E-state index contributed by atoms with van der Waals surface area (Å²) in [6.07, 6.45) is 0. The van der Waals surface area contributed by atoms with Gasteiger partial charge in [0.15, 0.2) is 0 Å². The van der Waals surface area contributed by atoms with Gasteiger partial charge in [-0.1, -0.05) is 60.2 Å². The normalized spacial score (nSPS) is 10.9. The molecular weight excluding hydrogens is 300 g/mol. The number of nitrogens with zero attached hydrogens (tertiary/aromatic N) is 1. The molecule has 0 saturated heterocycles. The summed E-state index contributed by atoms with van der Waals surface area (Å²) in [7, 11) is 2.09. The number of aryl methyl sites for hydroxylation is 1. The zero-order valence-corrected chi connectivity index (χ0v) is 13.8. The van der Waals surface area contributed by atoms with Crippen LogP contribution in [-0.2, 0) is 13.1 Å². The molecule has 110 valence electrons. The predicted molar refractivity (Wildman–Crippen MR) is 93.7 cm³/mol. The summed E-state index contributed by atoms with van der Waals surface area (Å²) in [6.45, 7) is 3.80. The Morgan fingerprint density at radius 2 is 1.81 bits per heavy atom. The highest BCUT2D eigenvalue weighted by Crippen LogP contribution is 2.20. The zero-order chi connectivity index (χ0) is 15.4. The minimum absolute atomic E-state index is 0.372. The van der Waals surface area contributed by atoms with Crippen molar-refractivity contribution in [3.63, 3.8) is 0 Å². The summed E-state index contributed by atoms with van der Waals surface area (Å²) in [5, 5.41) is 0.705. The highest BCUT2D eigenvalue weighted by Gasteiger charge is 2.08. The third-order valence-corrected chi connectivity index (χ3v) is 4.07. The monoisotopic (exact) mass is 318 g/mol. The fraction of sp³-hybridized carbons (Fsp3) is 0.235. The molecule has 0 aromatic heterocycles. The topological polar surface area (TPSA) is 29.3 Å². The number of thiocarbonyl (C=S) groups is 1. The molecule has 0 heterocycles. The lowest BCUT2D eigenvalue weighted by molar-refractivity contribution is 0.318. The number of nitrogens with two attached hydrogens (primary N) is 1. The largest absolute Gasteiger partial charge is 0.389 e. The number of hydrogen-bond donors (Lipinski definition) is 1. The first-order valence-electron chi connectivity index (χ1n) is 6.78. The van der Waals surface area contributed by atoms with Gasteiger partial charge in [0.2, 0.25) is 0 Å².